The summed E-state index contributed by atoms with van der Waals surface area (Å²) < 4.78 is 1.78. The first-order valence-electron chi connectivity index (χ1n) is 8.48. The van der Waals surface area contributed by atoms with E-state index in [1.54, 1.807) is 17.0 Å². The highest BCUT2D eigenvalue weighted by Gasteiger charge is 2.11. The number of aromatic nitrogens is 2. The number of nitrogens with one attached hydrogen (secondary N) is 1. The summed E-state index contributed by atoms with van der Waals surface area (Å²) >= 11 is 7.37. The van der Waals surface area contributed by atoms with Crippen molar-refractivity contribution in [3.8, 4) is 16.9 Å². The fraction of sp³-hybridized carbons (Fsp3) is 0. The molecule has 7 heteroatoms. The highest BCUT2D eigenvalue weighted by molar-refractivity contribution is 7.12. The van der Waals surface area contributed by atoms with Gasteiger partial charge < -0.3 is 0 Å². The molecule has 4 aromatic rings. The number of thiophene rings is 1. The highest BCUT2D eigenvalue weighted by Crippen LogP contribution is 2.24. The largest absolute Gasteiger partial charge is 0.281 e. The minimum atomic E-state index is -0.241. The molecule has 0 saturated heterocycles. The van der Waals surface area contributed by atoms with Crippen LogP contribution in [0.15, 0.2) is 83.4 Å². The van der Waals surface area contributed by atoms with Crippen LogP contribution in [0.5, 0.6) is 0 Å². The molecule has 0 bridgehead atoms. The lowest BCUT2D eigenvalue weighted by Crippen LogP contribution is -2.16. The van der Waals surface area contributed by atoms with E-state index in [9.17, 15) is 4.79 Å². The zero-order valence-electron chi connectivity index (χ0n) is 14.6. The van der Waals surface area contributed by atoms with Crippen molar-refractivity contribution in [1.82, 2.24) is 15.2 Å². The Labute approximate surface area is 170 Å². The number of hydrogen-bond acceptors (Lipinski definition) is 4. The summed E-state index contributed by atoms with van der Waals surface area (Å²) in [5.41, 5.74) is 5.91. The average molecular weight is 407 g/mol. The topological polar surface area (TPSA) is 59.3 Å². The molecule has 2 heterocycles. The van der Waals surface area contributed by atoms with Gasteiger partial charge in [0.25, 0.3) is 5.91 Å². The van der Waals surface area contributed by atoms with E-state index < -0.39 is 0 Å². The molecule has 0 aliphatic carbocycles. The Bertz CT molecular complexity index is 1100. The Morgan fingerprint density at radius 2 is 1.86 bits per heavy atom. The van der Waals surface area contributed by atoms with Crippen molar-refractivity contribution in [3.05, 3.63) is 93.8 Å². The van der Waals surface area contributed by atoms with E-state index in [0.717, 1.165) is 22.5 Å². The van der Waals surface area contributed by atoms with Gasteiger partial charge in [-0.05, 0) is 35.7 Å². The van der Waals surface area contributed by atoms with Crippen LogP contribution in [-0.4, -0.2) is 21.9 Å². The van der Waals surface area contributed by atoms with Crippen LogP contribution in [0.3, 0.4) is 0 Å². The normalized spacial score (nSPS) is 11.0. The third kappa shape index (κ3) is 4.03. The number of carbonyl (C=O) groups is 1. The second-order valence-electron chi connectivity index (χ2n) is 5.90. The zero-order valence-corrected chi connectivity index (χ0v) is 16.2. The van der Waals surface area contributed by atoms with Crippen LogP contribution < -0.4 is 5.43 Å². The van der Waals surface area contributed by atoms with Crippen molar-refractivity contribution in [2.45, 2.75) is 0 Å². The molecule has 138 valence electrons. The first-order valence-corrected chi connectivity index (χ1v) is 9.74. The maximum Gasteiger partial charge on any atom is 0.281 e. The Morgan fingerprint density at radius 1 is 1.07 bits per heavy atom. The molecule has 0 unspecified atom stereocenters. The van der Waals surface area contributed by atoms with E-state index in [1.807, 2.05) is 72.2 Å². The van der Waals surface area contributed by atoms with E-state index in [2.05, 4.69) is 10.5 Å². The van der Waals surface area contributed by atoms with E-state index in [4.69, 9.17) is 16.7 Å². The van der Waals surface area contributed by atoms with Crippen LogP contribution in [0.25, 0.3) is 16.9 Å². The number of rotatable bonds is 5. The lowest BCUT2D eigenvalue weighted by atomic mass is 10.1. The SMILES string of the molecule is O=C(N/N=C/c1cn(-c2ccccc2)nc1-c1ccc(Cl)cc1)c1cccs1. The van der Waals surface area contributed by atoms with E-state index in [-0.39, 0.29) is 5.91 Å². The maximum atomic E-state index is 12.1. The first kappa shape index (κ1) is 18.2. The number of nitrogens with zero attached hydrogens (tertiary/aromatic N) is 3. The molecule has 1 amide bonds. The van der Waals surface area contributed by atoms with Crippen LogP contribution in [0, 0.1) is 0 Å². The van der Waals surface area contributed by atoms with Crippen molar-refractivity contribution >= 4 is 35.1 Å². The number of amides is 1. The van der Waals surface area contributed by atoms with Crippen molar-refractivity contribution in [3.63, 3.8) is 0 Å². The number of hydrogen-bond donors (Lipinski definition) is 1. The molecule has 1 N–H and O–H groups in total. The second-order valence-corrected chi connectivity index (χ2v) is 7.28. The number of carbonyl (C=O) groups excluding carboxylic acids is 1. The summed E-state index contributed by atoms with van der Waals surface area (Å²) in [7, 11) is 0. The summed E-state index contributed by atoms with van der Waals surface area (Å²) in [6.07, 6.45) is 3.47. The highest BCUT2D eigenvalue weighted by atomic mass is 35.5. The summed E-state index contributed by atoms with van der Waals surface area (Å²) in [6.45, 7) is 0. The fourth-order valence-electron chi connectivity index (χ4n) is 2.65. The van der Waals surface area contributed by atoms with Crippen molar-refractivity contribution < 1.29 is 4.79 Å². The summed E-state index contributed by atoms with van der Waals surface area (Å²) in [6, 6.07) is 20.8. The van der Waals surface area contributed by atoms with Gasteiger partial charge in [0.15, 0.2) is 0 Å². The third-order valence-corrected chi connectivity index (χ3v) is 5.12. The molecule has 5 nitrogen and oxygen atoms in total. The lowest BCUT2D eigenvalue weighted by Gasteiger charge is -2.00. The molecule has 2 aromatic carbocycles. The fourth-order valence-corrected chi connectivity index (χ4v) is 3.39. The molecule has 0 aliphatic heterocycles. The van der Waals surface area contributed by atoms with Gasteiger partial charge in [0, 0.05) is 22.3 Å². The minimum Gasteiger partial charge on any atom is -0.266 e. The van der Waals surface area contributed by atoms with Crippen molar-refractivity contribution in [2.75, 3.05) is 0 Å². The molecule has 0 fully saturated rings. The quantitative estimate of drug-likeness (QED) is 0.373. The van der Waals surface area contributed by atoms with Crippen LogP contribution in [-0.2, 0) is 0 Å². The summed E-state index contributed by atoms with van der Waals surface area (Å²) in [5, 5.41) is 11.3. The van der Waals surface area contributed by atoms with Gasteiger partial charge in [0.1, 0.15) is 5.69 Å². The molecule has 0 spiro atoms. The third-order valence-electron chi connectivity index (χ3n) is 4.00. The van der Waals surface area contributed by atoms with Crippen LogP contribution >= 0.6 is 22.9 Å². The number of halogens is 1. The van der Waals surface area contributed by atoms with Gasteiger partial charge in [-0.15, -0.1) is 11.3 Å². The van der Waals surface area contributed by atoms with Gasteiger partial charge in [-0.1, -0.05) is 48.0 Å². The average Bonchev–Trinajstić information content (AvgIpc) is 3.40. The molecular weight excluding hydrogens is 392 g/mol. The predicted octanol–water partition coefficient (Wildman–Crippen LogP) is 5.02. The molecule has 28 heavy (non-hydrogen) atoms. The van der Waals surface area contributed by atoms with Crippen LogP contribution in [0.1, 0.15) is 15.2 Å². The first-order chi connectivity index (χ1) is 13.7. The van der Waals surface area contributed by atoms with Gasteiger partial charge >= 0.3 is 0 Å². The molecular formula is C21H15ClN4OS. The van der Waals surface area contributed by atoms with E-state index >= 15 is 0 Å². The standard InChI is InChI=1S/C21H15ClN4OS/c22-17-10-8-15(9-11-17)20-16(13-23-24-21(27)19-7-4-12-28-19)14-26(25-20)18-5-2-1-3-6-18/h1-14H,(H,24,27)/b23-13+. The zero-order chi connectivity index (χ0) is 19.3. The van der Waals surface area contributed by atoms with Gasteiger partial charge in [-0.2, -0.15) is 10.2 Å². The van der Waals surface area contributed by atoms with Crippen LogP contribution in [0.4, 0.5) is 0 Å². The van der Waals surface area contributed by atoms with E-state index in [1.165, 1.54) is 11.3 Å². The number of para-hydroxylation sites is 1. The van der Waals surface area contributed by atoms with Gasteiger partial charge in [0.05, 0.1) is 16.8 Å². The van der Waals surface area contributed by atoms with Crippen molar-refractivity contribution in [2.24, 2.45) is 5.10 Å². The summed E-state index contributed by atoms with van der Waals surface area (Å²) in [4.78, 5) is 12.7. The van der Waals surface area contributed by atoms with Gasteiger partial charge in [-0.25, -0.2) is 10.1 Å². The Hall–Kier alpha value is -3.22. The monoisotopic (exact) mass is 406 g/mol. The van der Waals surface area contributed by atoms with Gasteiger partial charge in [0.2, 0.25) is 0 Å². The number of hydrazone groups is 1. The summed E-state index contributed by atoms with van der Waals surface area (Å²) in [5.74, 6) is -0.241. The molecule has 0 radical (unpaired) electrons. The lowest BCUT2D eigenvalue weighted by molar-refractivity contribution is 0.0959. The van der Waals surface area contributed by atoms with Crippen molar-refractivity contribution in [1.29, 1.82) is 0 Å². The predicted molar refractivity (Wildman–Crippen MR) is 113 cm³/mol. The molecule has 0 atom stereocenters. The smallest absolute Gasteiger partial charge is 0.266 e. The molecule has 0 saturated carbocycles. The molecule has 4 rings (SSSR count). The molecule has 0 aliphatic rings. The maximum absolute atomic E-state index is 12.1. The number of benzene rings is 2. The Balaban J connectivity index is 1.66. The van der Waals surface area contributed by atoms with Crippen LogP contribution in [0.2, 0.25) is 5.02 Å². The minimum absolute atomic E-state index is 0.241. The van der Waals surface area contributed by atoms with E-state index in [0.29, 0.717) is 9.90 Å². The Kier molecular flexibility index (Phi) is 5.32. The molecule has 2 aromatic heterocycles. The second kappa shape index (κ2) is 8.21. The Morgan fingerprint density at radius 3 is 2.57 bits per heavy atom. The van der Waals surface area contributed by atoms with Gasteiger partial charge in [-0.3, -0.25) is 4.79 Å².